The zero-order valence-corrected chi connectivity index (χ0v) is 13.6. The molecule has 0 spiro atoms. The fraction of sp³-hybridized carbons (Fsp3) is 0.111. The highest BCUT2D eigenvalue weighted by molar-refractivity contribution is 6.30. The molecule has 0 aliphatic heterocycles. The SMILES string of the molecule is C=C(/C=N\N)c1ccc(C(CC(N)=O)c2ccc(Cl)c(F)c2)cc1. The van der Waals surface area contributed by atoms with Crippen LogP contribution in [0.2, 0.25) is 5.02 Å². The zero-order valence-electron chi connectivity index (χ0n) is 12.9. The molecule has 124 valence electrons. The number of carbonyl (C=O) groups excluding carboxylic acids is 1. The second-order valence-corrected chi connectivity index (χ2v) is 5.73. The number of amides is 1. The maximum Gasteiger partial charge on any atom is 0.218 e. The molecule has 0 bridgehead atoms. The van der Waals surface area contributed by atoms with Gasteiger partial charge in [0, 0.05) is 12.3 Å². The smallest absolute Gasteiger partial charge is 0.218 e. The number of carbonyl (C=O) groups is 1. The average Bonchev–Trinajstić information content (AvgIpc) is 2.55. The van der Waals surface area contributed by atoms with Crippen LogP contribution in [0.1, 0.15) is 29.0 Å². The summed E-state index contributed by atoms with van der Waals surface area (Å²) in [6, 6.07) is 11.8. The van der Waals surface area contributed by atoms with Crippen molar-refractivity contribution in [1.82, 2.24) is 0 Å². The maximum atomic E-state index is 13.8. The van der Waals surface area contributed by atoms with E-state index in [1.165, 1.54) is 18.3 Å². The van der Waals surface area contributed by atoms with Crippen LogP contribution >= 0.6 is 11.6 Å². The Morgan fingerprint density at radius 3 is 2.42 bits per heavy atom. The van der Waals surface area contributed by atoms with Gasteiger partial charge in [-0.2, -0.15) is 5.10 Å². The van der Waals surface area contributed by atoms with Crippen LogP contribution in [0.3, 0.4) is 0 Å². The lowest BCUT2D eigenvalue weighted by Gasteiger charge is -2.17. The molecule has 1 atom stereocenters. The van der Waals surface area contributed by atoms with Gasteiger partial charge in [-0.15, -0.1) is 0 Å². The molecule has 6 heteroatoms. The van der Waals surface area contributed by atoms with Gasteiger partial charge in [0.05, 0.1) is 11.2 Å². The van der Waals surface area contributed by atoms with Crippen molar-refractivity contribution in [2.24, 2.45) is 16.7 Å². The number of nitrogens with two attached hydrogens (primary N) is 2. The number of nitrogens with zero attached hydrogens (tertiary/aromatic N) is 1. The molecule has 0 saturated carbocycles. The predicted molar refractivity (Wildman–Crippen MR) is 95.2 cm³/mol. The molecule has 2 aromatic carbocycles. The van der Waals surface area contributed by atoms with Crippen molar-refractivity contribution < 1.29 is 9.18 Å². The molecule has 0 heterocycles. The highest BCUT2D eigenvalue weighted by atomic mass is 35.5. The van der Waals surface area contributed by atoms with Gasteiger partial charge in [0.2, 0.25) is 5.91 Å². The molecule has 0 aliphatic rings. The quantitative estimate of drug-likeness (QED) is 0.477. The Kier molecular flexibility index (Phi) is 5.71. The molecular weight excluding hydrogens is 329 g/mol. The van der Waals surface area contributed by atoms with E-state index in [-0.39, 0.29) is 17.4 Å². The van der Waals surface area contributed by atoms with Gasteiger partial charge in [-0.05, 0) is 34.4 Å². The third kappa shape index (κ3) is 4.20. The first-order valence-electron chi connectivity index (χ1n) is 7.18. The summed E-state index contributed by atoms with van der Waals surface area (Å²) in [5.74, 6) is 3.74. The Labute approximate surface area is 144 Å². The van der Waals surface area contributed by atoms with E-state index in [1.54, 1.807) is 6.07 Å². The van der Waals surface area contributed by atoms with Crippen molar-refractivity contribution in [3.05, 3.63) is 76.6 Å². The number of allylic oxidation sites excluding steroid dienone is 1. The van der Waals surface area contributed by atoms with Gasteiger partial charge < -0.3 is 11.6 Å². The van der Waals surface area contributed by atoms with Crippen LogP contribution in [0.4, 0.5) is 4.39 Å². The van der Waals surface area contributed by atoms with Gasteiger partial charge in [-0.25, -0.2) is 4.39 Å². The van der Waals surface area contributed by atoms with E-state index in [0.29, 0.717) is 11.1 Å². The summed E-state index contributed by atoms with van der Waals surface area (Å²) in [5, 5.41) is 3.47. The Morgan fingerprint density at radius 2 is 1.88 bits per heavy atom. The van der Waals surface area contributed by atoms with Gasteiger partial charge in [-0.3, -0.25) is 4.79 Å². The monoisotopic (exact) mass is 345 g/mol. The van der Waals surface area contributed by atoms with Crippen molar-refractivity contribution in [2.75, 3.05) is 0 Å². The number of halogens is 2. The van der Waals surface area contributed by atoms with E-state index in [2.05, 4.69) is 11.7 Å². The summed E-state index contributed by atoms with van der Waals surface area (Å²) >= 11 is 5.72. The fourth-order valence-corrected chi connectivity index (χ4v) is 2.57. The molecular formula is C18H17ClFN3O. The van der Waals surface area contributed by atoms with Gasteiger partial charge in [0.15, 0.2) is 0 Å². The molecule has 0 aliphatic carbocycles. The summed E-state index contributed by atoms with van der Waals surface area (Å²) in [6.45, 7) is 3.85. The van der Waals surface area contributed by atoms with Crippen molar-refractivity contribution in [1.29, 1.82) is 0 Å². The lowest BCUT2D eigenvalue weighted by molar-refractivity contribution is -0.118. The highest BCUT2D eigenvalue weighted by Gasteiger charge is 2.18. The third-order valence-corrected chi connectivity index (χ3v) is 3.97. The second-order valence-electron chi connectivity index (χ2n) is 5.32. The van der Waals surface area contributed by atoms with E-state index in [1.807, 2.05) is 24.3 Å². The predicted octanol–water partition coefficient (Wildman–Crippen LogP) is 3.44. The molecule has 0 aromatic heterocycles. The van der Waals surface area contributed by atoms with Crippen molar-refractivity contribution in [3.8, 4) is 0 Å². The summed E-state index contributed by atoms with van der Waals surface area (Å²) in [5.41, 5.74) is 8.31. The van der Waals surface area contributed by atoms with E-state index in [4.69, 9.17) is 23.2 Å². The van der Waals surface area contributed by atoms with E-state index in [9.17, 15) is 9.18 Å². The number of rotatable bonds is 6. The number of primary amides is 1. The molecule has 1 amide bonds. The van der Waals surface area contributed by atoms with Crippen LogP contribution in [-0.2, 0) is 4.79 Å². The van der Waals surface area contributed by atoms with Crippen molar-refractivity contribution >= 4 is 29.3 Å². The average molecular weight is 346 g/mol. The zero-order chi connectivity index (χ0) is 17.7. The number of hydrogen-bond acceptors (Lipinski definition) is 3. The Morgan fingerprint density at radius 1 is 1.25 bits per heavy atom. The van der Waals surface area contributed by atoms with Crippen LogP contribution in [0, 0.1) is 5.82 Å². The molecule has 4 nitrogen and oxygen atoms in total. The first-order valence-corrected chi connectivity index (χ1v) is 7.56. The standard InChI is InChI=1S/C18H17ClFN3O/c1-11(10-23-22)12-2-4-13(5-3-12)15(9-18(21)24)14-6-7-16(19)17(20)8-14/h2-8,10,15H,1,9,22H2,(H2,21,24)/b23-10-. The molecule has 4 N–H and O–H groups in total. The Balaban J connectivity index is 2.39. The van der Waals surface area contributed by atoms with Crippen LogP contribution in [0.25, 0.3) is 5.57 Å². The Hall–Kier alpha value is -2.66. The lowest BCUT2D eigenvalue weighted by Crippen LogP contribution is -2.16. The molecule has 0 fully saturated rings. The van der Waals surface area contributed by atoms with Crippen molar-refractivity contribution in [2.45, 2.75) is 12.3 Å². The maximum absolute atomic E-state index is 13.8. The van der Waals surface area contributed by atoms with Gasteiger partial charge in [-0.1, -0.05) is 48.5 Å². The first kappa shape index (κ1) is 17.7. The minimum Gasteiger partial charge on any atom is -0.370 e. The van der Waals surface area contributed by atoms with Crippen LogP contribution in [0.15, 0.2) is 54.1 Å². The van der Waals surface area contributed by atoms with Gasteiger partial charge in [0.25, 0.3) is 0 Å². The van der Waals surface area contributed by atoms with Crippen LogP contribution in [0.5, 0.6) is 0 Å². The number of hydrazone groups is 1. The summed E-state index contributed by atoms with van der Waals surface area (Å²) < 4.78 is 13.8. The molecule has 0 saturated heterocycles. The largest absolute Gasteiger partial charge is 0.370 e. The Bertz CT molecular complexity index is 787. The van der Waals surface area contributed by atoms with Crippen LogP contribution < -0.4 is 11.6 Å². The lowest BCUT2D eigenvalue weighted by atomic mass is 9.87. The van der Waals surface area contributed by atoms with Gasteiger partial charge in [0.1, 0.15) is 5.82 Å². The number of benzene rings is 2. The second kappa shape index (κ2) is 7.75. The van der Waals surface area contributed by atoms with E-state index >= 15 is 0 Å². The summed E-state index contributed by atoms with van der Waals surface area (Å²) in [4.78, 5) is 11.4. The molecule has 2 aromatic rings. The first-order chi connectivity index (χ1) is 11.4. The van der Waals surface area contributed by atoms with Gasteiger partial charge >= 0.3 is 0 Å². The highest BCUT2D eigenvalue weighted by Crippen LogP contribution is 2.30. The minimum absolute atomic E-state index is 0.0318. The summed E-state index contributed by atoms with van der Waals surface area (Å²) in [7, 11) is 0. The molecule has 0 radical (unpaired) electrons. The molecule has 1 unspecified atom stereocenters. The van der Waals surface area contributed by atoms with Crippen molar-refractivity contribution in [3.63, 3.8) is 0 Å². The van der Waals surface area contributed by atoms with E-state index in [0.717, 1.165) is 11.1 Å². The number of hydrogen-bond donors (Lipinski definition) is 2. The normalized spacial score (nSPS) is 12.2. The fourth-order valence-electron chi connectivity index (χ4n) is 2.45. The van der Waals surface area contributed by atoms with Crippen LogP contribution in [-0.4, -0.2) is 12.1 Å². The van der Waals surface area contributed by atoms with E-state index < -0.39 is 11.7 Å². The minimum atomic E-state index is -0.534. The summed E-state index contributed by atoms with van der Waals surface area (Å²) in [6.07, 6.45) is 1.51. The third-order valence-electron chi connectivity index (χ3n) is 3.67. The topological polar surface area (TPSA) is 81.5 Å². The molecule has 24 heavy (non-hydrogen) atoms. The molecule has 2 rings (SSSR count).